The fourth-order valence-electron chi connectivity index (χ4n) is 2.21. The van der Waals surface area contributed by atoms with E-state index in [-0.39, 0.29) is 11.7 Å². The molecule has 1 aliphatic heterocycles. The zero-order valence-corrected chi connectivity index (χ0v) is 11.1. The van der Waals surface area contributed by atoms with E-state index < -0.39 is 5.97 Å². The van der Waals surface area contributed by atoms with E-state index in [0.29, 0.717) is 18.8 Å². The number of hydrogen-bond donors (Lipinski definition) is 2. The summed E-state index contributed by atoms with van der Waals surface area (Å²) < 4.78 is 10.8. The Hall–Kier alpha value is -1.37. The van der Waals surface area contributed by atoms with E-state index in [1.807, 2.05) is 0 Å². The van der Waals surface area contributed by atoms with Crippen molar-refractivity contribution in [3.63, 3.8) is 0 Å². The number of carboxylic acid groups (broad SMARTS) is 1. The first-order valence-electron chi connectivity index (χ1n) is 6.55. The molecule has 1 aromatic heterocycles. The van der Waals surface area contributed by atoms with Crippen LogP contribution in [-0.4, -0.2) is 54.9 Å². The summed E-state index contributed by atoms with van der Waals surface area (Å²) in [4.78, 5) is 13.2. The van der Waals surface area contributed by atoms with Gasteiger partial charge in [0, 0.05) is 19.6 Å². The third-order valence-corrected chi connectivity index (χ3v) is 3.30. The lowest BCUT2D eigenvalue weighted by atomic mass is 10.2. The molecule has 2 N–H and O–H groups in total. The highest BCUT2D eigenvalue weighted by Crippen LogP contribution is 2.10. The van der Waals surface area contributed by atoms with Crippen molar-refractivity contribution < 1.29 is 19.1 Å². The molecule has 1 fully saturated rings. The molecule has 1 saturated heterocycles. The van der Waals surface area contributed by atoms with Crippen LogP contribution in [0.5, 0.6) is 0 Å². The van der Waals surface area contributed by atoms with Crippen LogP contribution in [0.25, 0.3) is 0 Å². The fraction of sp³-hybridized carbons (Fsp3) is 0.615. The summed E-state index contributed by atoms with van der Waals surface area (Å²) in [6.07, 6.45) is 1.55. The van der Waals surface area contributed by atoms with Gasteiger partial charge in [-0.25, -0.2) is 4.79 Å². The van der Waals surface area contributed by atoms with Crippen molar-refractivity contribution >= 4 is 5.97 Å². The highest BCUT2D eigenvalue weighted by atomic mass is 16.5. The van der Waals surface area contributed by atoms with Crippen molar-refractivity contribution in [1.82, 2.24) is 10.2 Å². The molecule has 0 spiro atoms. The van der Waals surface area contributed by atoms with Crippen LogP contribution in [-0.2, 0) is 11.3 Å². The number of ether oxygens (including phenoxy) is 1. The molecule has 1 atom stereocenters. The van der Waals surface area contributed by atoms with Crippen molar-refractivity contribution in [2.75, 3.05) is 32.8 Å². The minimum atomic E-state index is -0.961. The molecule has 1 unspecified atom stereocenters. The van der Waals surface area contributed by atoms with Crippen molar-refractivity contribution in [3.8, 4) is 0 Å². The first-order valence-corrected chi connectivity index (χ1v) is 6.55. The highest BCUT2D eigenvalue weighted by molar-refractivity contribution is 5.88. The number of furan rings is 1. The second kappa shape index (κ2) is 6.70. The Morgan fingerprint density at radius 1 is 1.63 bits per heavy atom. The predicted molar refractivity (Wildman–Crippen MR) is 69.2 cm³/mol. The van der Waals surface area contributed by atoms with Crippen LogP contribution >= 0.6 is 0 Å². The second-order valence-electron chi connectivity index (χ2n) is 4.58. The molecular formula is C13H20N2O4. The molecule has 0 amide bonds. The monoisotopic (exact) mass is 268 g/mol. The number of aromatic carboxylic acids is 1. The maximum Gasteiger partial charge on any atom is 0.339 e. The van der Waals surface area contributed by atoms with E-state index in [2.05, 4.69) is 17.1 Å². The SMILES string of the molecule is CCN1CCOC(CNCc2occc2C(=O)O)C1. The summed E-state index contributed by atoms with van der Waals surface area (Å²) in [5.41, 5.74) is 0.215. The predicted octanol–water partition coefficient (Wildman–Crippen LogP) is 0.788. The summed E-state index contributed by atoms with van der Waals surface area (Å²) in [5, 5.41) is 12.1. The van der Waals surface area contributed by atoms with Crippen molar-refractivity contribution in [1.29, 1.82) is 0 Å². The molecule has 0 bridgehead atoms. The first-order chi connectivity index (χ1) is 9.20. The molecular weight excluding hydrogens is 248 g/mol. The van der Waals surface area contributed by atoms with E-state index in [1.165, 1.54) is 12.3 Å². The van der Waals surface area contributed by atoms with E-state index >= 15 is 0 Å². The minimum absolute atomic E-state index is 0.150. The minimum Gasteiger partial charge on any atom is -0.478 e. The molecule has 2 rings (SSSR count). The molecule has 1 aliphatic rings. The van der Waals surface area contributed by atoms with Gasteiger partial charge in [0.2, 0.25) is 0 Å². The normalized spacial score (nSPS) is 20.6. The van der Waals surface area contributed by atoms with Gasteiger partial charge in [-0.3, -0.25) is 4.90 Å². The lowest BCUT2D eigenvalue weighted by Gasteiger charge is -2.32. The Morgan fingerprint density at radius 3 is 3.21 bits per heavy atom. The van der Waals surface area contributed by atoms with Gasteiger partial charge in [-0.1, -0.05) is 6.92 Å². The van der Waals surface area contributed by atoms with Gasteiger partial charge >= 0.3 is 5.97 Å². The van der Waals surface area contributed by atoms with E-state index in [4.69, 9.17) is 14.3 Å². The van der Waals surface area contributed by atoms with Crippen LogP contribution in [0.3, 0.4) is 0 Å². The van der Waals surface area contributed by atoms with Gasteiger partial charge < -0.3 is 19.6 Å². The highest BCUT2D eigenvalue weighted by Gasteiger charge is 2.19. The lowest BCUT2D eigenvalue weighted by molar-refractivity contribution is -0.0255. The van der Waals surface area contributed by atoms with Crippen LogP contribution in [0, 0.1) is 0 Å². The Bertz CT molecular complexity index is 419. The second-order valence-corrected chi connectivity index (χ2v) is 4.58. The van der Waals surface area contributed by atoms with Crippen LogP contribution in [0.2, 0.25) is 0 Å². The number of rotatable bonds is 6. The number of hydrogen-bond acceptors (Lipinski definition) is 5. The van der Waals surface area contributed by atoms with Crippen molar-refractivity contribution in [2.45, 2.75) is 19.6 Å². The summed E-state index contributed by atoms with van der Waals surface area (Å²) in [6, 6.07) is 1.47. The summed E-state index contributed by atoms with van der Waals surface area (Å²) in [6.45, 7) is 6.90. The zero-order chi connectivity index (χ0) is 13.7. The van der Waals surface area contributed by atoms with Gasteiger partial charge in [-0.15, -0.1) is 0 Å². The topological polar surface area (TPSA) is 74.9 Å². The largest absolute Gasteiger partial charge is 0.478 e. The van der Waals surface area contributed by atoms with Crippen LogP contribution in [0.1, 0.15) is 23.0 Å². The van der Waals surface area contributed by atoms with Crippen molar-refractivity contribution in [3.05, 3.63) is 23.7 Å². The Labute approximate surface area is 112 Å². The average Bonchev–Trinajstić information content (AvgIpc) is 2.87. The summed E-state index contributed by atoms with van der Waals surface area (Å²) in [5.74, 6) is -0.507. The van der Waals surface area contributed by atoms with Gasteiger partial charge in [0.1, 0.15) is 11.3 Å². The molecule has 0 aliphatic carbocycles. The van der Waals surface area contributed by atoms with Crippen LogP contribution in [0.15, 0.2) is 16.7 Å². The quantitative estimate of drug-likeness (QED) is 0.794. The average molecular weight is 268 g/mol. The summed E-state index contributed by atoms with van der Waals surface area (Å²) in [7, 11) is 0. The third-order valence-electron chi connectivity index (χ3n) is 3.30. The van der Waals surface area contributed by atoms with Gasteiger partial charge in [0.15, 0.2) is 0 Å². The van der Waals surface area contributed by atoms with Crippen molar-refractivity contribution in [2.24, 2.45) is 0 Å². The number of carboxylic acids is 1. The Balaban J connectivity index is 1.77. The Kier molecular flexibility index (Phi) is 4.95. The lowest BCUT2D eigenvalue weighted by Crippen LogP contribution is -2.46. The Morgan fingerprint density at radius 2 is 2.47 bits per heavy atom. The van der Waals surface area contributed by atoms with Gasteiger partial charge in [-0.2, -0.15) is 0 Å². The zero-order valence-electron chi connectivity index (χ0n) is 11.1. The number of nitrogens with zero attached hydrogens (tertiary/aromatic N) is 1. The number of nitrogens with one attached hydrogen (secondary N) is 1. The molecule has 6 nitrogen and oxygen atoms in total. The molecule has 0 radical (unpaired) electrons. The number of carbonyl (C=O) groups is 1. The van der Waals surface area contributed by atoms with Gasteiger partial charge in [0.05, 0.1) is 25.5 Å². The smallest absolute Gasteiger partial charge is 0.339 e. The number of morpholine rings is 1. The number of likely N-dealkylation sites (N-methyl/N-ethyl adjacent to an activating group) is 1. The molecule has 0 saturated carbocycles. The van der Waals surface area contributed by atoms with Crippen LogP contribution < -0.4 is 5.32 Å². The third kappa shape index (κ3) is 3.79. The van der Waals surface area contributed by atoms with E-state index in [0.717, 1.165) is 26.2 Å². The van der Waals surface area contributed by atoms with Crippen LogP contribution in [0.4, 0.5) is 0 Å². The maximum absolute atomic E-state index is 10.9. The summed E-state index contributed by atoms with van der Waals surface area (Å²) >= 11 is 0. The standard InChI is InChI=1S/C13H20N2O4/c1-2-15-4-6-18-10(9-15)7-14-8-12-11(13(16)17)3-5-19-12/h3,5,10,14H,2,4,6-9H2,1H3,(H,16,17). The molecule has 19 heavy (non-hydrogen) atoms. The molecule has 1 aromatic rings. The van der Waals surface area contributed by atoms with Gasteiger partial charge in [-0.05, 0) is 12.6 Å². The van der Waals surface area contributed by atoms with Gasteiger partial charge in [0.25, 0.3) is 0 Å². The molecule has 2 heterocycles. The molecule has 6 heteroatoms. The van der Waals surface area contributed by atoms with E-state index in [1.54, 1.807) is 0 Å². The fourth-order valence-corrected chi connectivity index (χ4v) is 2.21. The molecule has 0 aromatic carbocycles. The van der Waals surface area contributed by atoms with E-state index in [9.17, 15) is 4.79 Å². The first kappa shape index (κ1) is 14.0. The molecule has 106 valence electrons. The maximum atomic E-state index is 10.9.